The van der Waals surface area contributed by atoms with E-state index in [4.69, 9.17) is 9.72 Å². The molecule has 0 saturated carbocycles. The van der Waals surface area contributed by atoms with Crippen molar-refractivity contribution in [2.45, 2.75) is 44.4 Å². The van der Waals surface area contributed by atoms with Gasteiger partial charge < -0.3 is 13.9 Å². The number of nitrogens with zero attached hydrogens (tertiary/aromatic N) is 5. The molecule has 0 N–H and O–H groups in total. The normalized spacial score (nSPS) is 20.9. The summed E-state index contributed by atoms with van der Waals surface area (Å²) >= 11 is 0. The van der Waals surface area contributed by atoms with Crippen LogP contribution in [0, 0.1) is 0 Å². The van der Waals surface area contributed by atoms with Gasteiger partial charge in [0.25, 0.3) is 0 Å². The molecule has 2 aliphatic heterocycles. The maximum absolute atomic E-state index is 13.1. The Hall–Kier alpha value is -2.20. The Morgan fingerprint density at radius 2 is 1.94 bits per heavy atom. The van der Waals surface area contributed by atoms with Gasteiger partial charge in [0.1, 0.15) is 5.82 Å². The van der Waals surface area contributed by atoms with Crippen LogP contribution in [0.5, 0.6) is 0 Å². The first-order chi connectivity index (χ1) is 15.0. The van der Waals surface area contributed by atoms with Gasteiger partial charge in [-0.2, -0.15) is 4.31 Å². The molecule has 0 amide bonds. The SMILES string of the molecule is CCn1c(CN2CCn3cccc3[C@@H]2C)nc2cc(S(=O)(=O)N3CCOCC3)ccc21. The Morgan fingerprint density at radius 3 is 2.71 bits per heavy atom. The maximum atomic E-state index is 13.1. The van der Waals surface area contributed by atoms with E-state index in [1.165, 1.54) is 10.00 Å². The molecular formula is C22H29N5O3S. The Balaban J connectivity index is 1.46. The zero-order valence-corrected chi connectivity index (χ0v) is 18.9. The first kappa shape index (κ1) is 20.7. The minimum absolute atomic E-state index is 0.304. The zero-order valence-electron chi connectivity index (χ0n) is 18.1. The van der Waals surface area contributed by atoms with E-state index in [9.17, 15) is 8.42 Å². The highest BCUT2D eigenvalue weighted by Gasteiger charge is 2.28. The quantitative estimate of drug-likeness (QED) is 0.606. The molecule has 8 nitrogen and oxygen atoms in total. The molecule has 1 atom stereocenters. The van der Waals surface area contributed by atoms with Gasteiger partial charge in [-0.15, -0.1) is 0 Å². The van der Waals surface area contributed by atoms with E-state index >= 15 is 0 Å². The fourth-order valence-corrected chi connectivity index (χ4v) is 6.18. The molecule has 4 heterocycles. The van der Waals surface area contributed by atoms with Gasteiger partial charge in [0.05, 0.1) is 35.7 Å². The second-order valence-corrected chi connectivity index (χ2v) is 10.2. The highest BCUT2D eigenvalue weighted by molar-refractivity contribution is 7.89. The summed E-state index contributed by atoms with van der Waals surface area (Å²) in [5, 5.41) is 0. The summed E-state index contributed by atoms with van der Waals surface area (Å²) in [6.45, 7) is 9.46. The summed E-state index contributed by atoms with van der Waals surface area (Å²) in [6.07, 6.45) is 2.14. The second kappa shape index (κ2) is 8.05. The van der Waals surface area contributed by atoms with E-state index < -0.39 is 10.0 Å². The smallest absolute Gasteiger partial charge is 0.243 e. The van der Waals surface area contributed by atoms with Crippen molar-refractivity contribution in [1.82, 2.24) is 23.3 Å². The van der Waals surface area contributed by atoms with Gasteiger partial charge in [0, 0.05) is 50.7 Å². The van der Waals surface area contributed by atoms with Crippen LogP contribution in [0.2, 0.25) is 0 Å². The summed E-state index contributed by atoms with van der Waals surface area (Å²) < 4.78 is 37.4. The lowest BCUT2D eigenvalue weighted by Gasteiger charge is -2.34. The first-order valence-electron chi connectivity index (χ1n) is 10.9. The van der Waals surface area contributed by atoms with Gasteiger partial charge in [0.2, 0.25) is 10.0 Å². The highest BCUT2D eigenvalue weighted by Crippen LogP contribution is 2.29. The molecule has 2 aliphatic rings. The van der Waals surface area contributed by atoms with Crippen LogP contribution in [0.4, 0.5) is 0 Å². The van der Waals surface area contributed by atoms with Crippen molar-refractivity contribution < 1.29 is 13.2 Å². The average molecular weight is 444 g/mol. The van der Waals surface area contributed by atoms with Gasteiger partial charge >= 0.3 is 0 Å². The van der Waals surface area contributed by atoms with Crippen LogP contribution in [0.3, 0.4) is 0 Å². The molecule has 166 valence electrons. The molecule has 1 saturated heterocycles. The van der Waals surface area contributed by atoms with Crippen molar-refractivity contribution >= 4 is 21.1 Å². The average Bonchev–Trinajstić information content (AvgIpc) is 3.40. The highest BCUT2D eigenvalue weighted by atomic mass is 32.2. The van der Waals surface area contributed by atoms with Crippen molar-refractivity contribution in [3.8, 4) is 0 Å². The van der Waals surface area contributed by atoms with Crippen LogP contribution in [0.25, 0.3) is 11.0 Å². The van der Waals surface area contributed by atoms with E-state index in [1.807, 2.05) is 6.07 Å². The first-order valence-corrected chi connectivity index (χ1v) is 12.4. The van der Waals surface area contributed by atoms with Crippen LogP contribution in [-0.2, 0) is 34.4 Å². The van der Waals surface area contributed by atoms with Crippen molar-refractivity contribution in [3.63, 3.8) is 0 Å². The minimum Gasteiger partial charge on any atom is -0.379 e. The molecule has 3 aromatic rings. The van der Waals surface area contributed by atoms with Gasteiger partial charge in [0.15, 0.2) is 0 Å². The molecule has 0 bridgehead atoms. The fraction of sp³-hybridized carbons (Fsp3) is 0.500. The Kier molecular flexibility index (Phi) is 5.37. The lowest BCUT2D eigenvalue weighted by molar-refractivity contribution is 0.0730. The monoisotopic (exact) mass is 443 g/mol. The summed E-state index contributed by atoms with van der Waals surface area (Å²) in [5.41, 5.74) is 3.04. The molecule has 0 radical (unpaired) electrons. The van der Waals surface area contributed by atoms with Crippen LogP contribution < -0.4 is 0 Å². The molecule has 5 rings (SSSR count). The number of morpholine rings is 1. The number of sulfonamides is 1. The van der Waals surface area contributed by atoms with Crippen molar-refractivity contribution in [2.24, 2.45) is 0 Å². The number of benzene rings is 1. The molecule has 0 aliphatic carbocycles. The third kappa shape index (κ3) is 3.59. The summed E-state index contributed by atoms with van der Waals surface area (Å²) in [5.74, 6) is 0.977. The Morgan fingerprint density at radius 1 is 1.13 bits per heavy atom. The minimum atomic E-state index is -3.54. The largest absolute Gasteiger partial charge is 0.379 e. The lowest BCUT2D eigenvalue weighted by Crippen LogP contribution is -2.40. The van der Waals surface area contributed by atoms with E-state index in [0.717, 1.165) is 43.0 Å². The summed E-state index contributed by atoms with van der Waals surface area (Å²) in [7, 11) is -3.54. The second-order valence-electron chi connectivity index (χ2n) is 8.21. The van der Waals surface area contributed by atoms with Crippen molar-refractivity contribution in [2.75, 3.05) is 32.8 Å². The van der Waals surface area contributed by atoms with Crippen LogP contribution in [0.1, 0.15) is 31.4 Å². The van der Waals surface area contributed by atoms with Gasteiger partial charge in [-0.05, 0) is 44.2 Å². The molecule has 2 aromatic heterocycles. The van der Waals surface area contributed by atoms with Crippen LogP contribution in [0.15, 0.2) is 41.4 Å². The number of hydrogen-bond donors (Lipinski definition) is 0. The van der Waals surface area contributed by atoms with Gasteiger partial charge in [-0.3, -0.25) is 4.90 Å². The molecule has 1 aromatic carbocycles. The predicted molar refractivity (Wildman–Crippen MR) is 118 cm³/mol. The molecule has 0 unspecified atom stereocenters. The summed E-state index contributed by atoms with van der Waals surface area (Å²) in [4.78, 5) is 7.62. The molecule has 9 heteroatoms. The molecule has 1 fully saturated rings. The van der Waals surface area contributed by atoms with Crippen molar-refractivity contribution in [3.05, 3.63) is 48.0 Å². The zero-order chi connectivity index (χ0) is 21.6. The van der Waals surface area contributed by atoms with E-state index in [0.29, 0.717) is 37.2 Å². The van der Waals surface area contributed by atoms with Gasteiger partial charge in [-0.25, -0.2) is 13.4 Å². The Labute approximate surface area is 183 Å². The van der Waals surface area contributed by atoms with Crippen LogP contribution >= 0.6 is 0 Å². The number of fused-ring (bicyclic) bond motifs is 2. The molecular weight excluding hydrogens is 414 g/mol. The number of ether oxygens (including phenoxy) is 1. The third-order valence-electron chi connectivity index (χ3n) is 6.54. The van der Waals surface area contributed by atoms with Crippen molar-refractivity contribution in [1.29, 1.82) is 0 Å². The van der Waals surface area contributed by atoms with Crippen LogP contribution in [-0.4, -0.2) is 64.6 Å². The fourth-order valence-electron chi connectivity index (χ4n) is 4.75. The number of rotatable bonds is 5. The Bertz CT molecular complexity index is 1190. The molecule has 0 spiro atoms. The van der Waals surface area contributed by atoms with Gasteiger partial charge in [-0.1, -0.05) is 0 Å². The number of aromatic nitrogens is 3. The number of imidazole rings is 1. The summed E-state index contributed by atoms with van der Waals surface area (Å²) in [6, 6.07) is 9.93. The number of aryl methyl sites for hydroxylation is 1. The topological polar surface area (TPSA) is 72.6 Å². The predicted octanol–water partition coefficient (Wildman–Crippen LogP) is 2.46. The maximum Gasteiger partial charge on any atom is 0.243 e. The van der Waals surface area contributed by atoms with E-state index in [2.05, 4.69) is 46.2 Å². The third-order valence-corrected chi connectivity index (χ3v) is 8.43. The number of hydrogen-bond acceptors (Lipinski definition) is 5. The molecule has 31 heavy (non-hydrogen) atoms. The lowest BCUT2D eigenvalue weighted by atomic mass is 10.1. The standard InChI is InChI=1S/C22H29N5O3S/c1-3-27-21-7-6-18(31(28,29)26-11-13-30-14-12-26)15-19(21)23-22(27)16-25-10-9-24-8-4-5-20(24)17(25)2/h4-8,15,17H,3,9-14,16H2,1-2H3/t17-/m0/s1. The van der Waals surface area contributed by atoms with E-state index in [1.54, 1.807) is 12.1 Å². The van der Waals surface area contributed by atoms with E-state index in [-0.39, 0.29) is 0 Å².